The van der Waals surface area contributed by atoms with Crippen molar-refractivity contribution in [3.05, 3.63) is 65.2 Å². The molecule has 0 heterocycles. The Morgan fingerprint density at radius 2 is 1.65 bits per heavy atom. The first-order chi connectivity index (χ1) is 9.61. The van der Waals surface area contributed by atoms with E-state index < -0.39 is 17.6 Å². The molecule has 0 radical (unpaired) electrons. The van der Waals surface area contributed by atoms with Gasteiger partial charge in [-0.25, -0.2) is 13.6 Å². The van der Waals surface area contributed by atoms with Crippen LogP contribution in [0, 0.1) is 11.6 Å². The Morgan fingerprint density at radius 1 is 1.05 bits per heavy atom. The maximum Gasteiger partial charge on any atom is 0.337 e. The lowest BCUT2D eigenvalue weighted by atomic mass is 10.2. The highest BCUT2D eigenvalue weighted by molar-refractivity contribution is 5.89. The molecule has 2 rings (SSSR count). The van der Waals surface area contributed by atoms with Gasteiger partial charge in [0.2, 0.25) is 0 Å². The first kappa shape index (κ1) is 14.0. The number of rotatable bonds is 4. The average molecular weight is 278 g/mol. The van der Waals surface area contributed by atoms with Crippen LogP contribution in [-0.2, 0) is 11.3 Å². The molecule has 0 atom stereocenters. The van der Waals surface area contributed by atoms with Crippen molar-refractivity contribution < 1.29 is 23.0 Å². The normalized spacial score (nSPS) is 10.2. The third-order valence-corrected chi connectivity index (χ3v) is 2.72. The van der Waals surface area contributed by atoms with Gasteiger partial charge in [0.05, 0.1) is 18.2 Å². The van der Waals surface area contributed by atoms with Crippen molar-refractivity contribution in [2.24, 2.45) is 0 Å². The number of esters is 1. The third kappa shape index (κ3) is 3.12. The molecule has 3 nitrogen and oxygen atoms in total. The zero-order valence-corrected chi connectivity index (χ0v) is 10.7. The summed E-state index contributed by atoms with van der Waals surface area (Å²) >= 11 is 0. The minimum atomic E-state index is -0.656. The topological polar surface area (TPSA) is 35.5 Å². The third-order valence-electron chi connectivity index (χ3n) is 2.72. The second-order valence-corrected chi connectivity index (χ2v) is 4.00. The quantitative estimate of drug-likeness (QED) is 0.805. The number of ether oxygens (including phenoxy) is 2. The SMILES string of the molecule is COC(=O)c1ccc(OCc2c(F)cccc2F)cc1. The van der Waals surface area contributed by atoms with E-state index in [9.17, 15) is 13.6 Å². The lowest BCUT2D eigenvalue weighted by Crippen LogP contribution is -2.03. The Labute approximate surface area is 114 Å². The van der Waals surface area contributed by atoms with Gasteiger partial charge in [0.1, 0.15) is 24.0 Å². The maximum absolute atomic E-state index is 13.4. The van der Waals surface area contributed by atoms with Crippen LogP contribution >= 0.6 is 0 Å². The number of halogens is 2. The van der Waals surface area contributed by atoms with Crippen LogP contribution in [-0.4, -0.2) is 13.1 Å². The molecular weight excluding hydrogens is 266 g/mol. The Morgan fingerprint density at radius 3 is 2.20 bits per heavy atom. The standard InChI is InChI=1S/C15H12F2O3/c1-19-15(18)10-5-7-11(8-6-10)20-9-12-13(16)3-2-4-14(12)17/h2-8H,9H2,1H3. The van der Waals surface area contributed by atoms with Crippen molar-refractivity contribution in [1.82, 2.24) is 0 Å². The Kier molecular flexibility index (Phi) is 4.30. The molecule has 104 valence electrons. The molecule has 0 aliphatic carbocycles. The van der Waals surface area contributed by atoms with Crippen molar-refractivity contribution in [3.8, 4) is 5.75 Å². The molecule has 20 heavy (non-hydrogen) atoms. The van der Waals surface area contributed by atoms with Crippen LogP contribution in [0.15, 0.2) is 42.5 Å². The lowest BCUT2D eigenvalue weighted by Gasteiger charge is -2.08. The molecule has 5 heteroatoms. The molecule has 2 aromatic rings. The molecule has 0 bridgehead atoms. The molecule has 0 fully saturated rings. The van der Waals surface area contributed by atoms with E-state index in [1.165, 1.54) is 49.6 Å². The summed E-state index contributed by atoms with van der Waals surface area (Å²) in [5, 5.41) is 0. The van der Waals surface area contributed by atoms with Crippen molar-refractivity contribution >= 4 is 5.97 Å². The summed E-state index contributed by atoms with van der Waals surface area (Å²) in [6.07, 6.45) is 0. The van der Waals surface area contributed by atoms with Gasteiger partial charge >= 0.3 is 5.97 Å². The summed E-state index contributed by atoms with van der Waals surface area (Å²) in [7, 11) is 1.29. The highest BCUT2D eigenvalue weighted by atomic mass is 19.1. The Hall–Kier alpha value is -2.43. The van der Waals surface area contributed by atoms with Crippen LogP contribution in [0.3, 0.4) is 0 Å². The summed E-state index contributed by atoms with van der Waals surface area (Å²) < 4.78 is 36.6. The average Bonchev–Trinajstić information content (AvgIpc) is 2.46. The highest BCUT2D eigenvalue weighted by Gasteiger charge is 2.09. The highest BCUT2D eigenvalue weighted by Crippen LogP contribution is 2.17. The molecule has 0 aromatic heterocycles. The van der Waals surface area contributed by atoms with E-state index in [1.54, 1.807) is 0 Å². The van der Waals surface area contributed by atoms with Crippen LogP contribution in [0.1, 0.15) is 15.9 Å². The first-order valence-electron chi connectivity index (χ1n) is 5.86. The smallest absolute Gasteiger partial charge is 0.337 e. The number of benzene rings is 2. The minimum absolute atomic E-state index is 0.135. The van der Waals surface area contributed by atoms with Gasteiger partial charge in [-0.1, -0.05) is 6.07 Å². The Bertz CT molecular complexity index is 589. The van der Waals surface area contributed by atoms with Gasteiger partial charge in [0.25, 0.3) is 0 Å². The van der Waals surface area contributed by atoms with Crippen molar-refractivity contribution in [2.45, 2.75) is 6.61 Å². The number of hydrogen-bond acceptors (Lipinski definition) is 3. The van der Waals surface area contributed by atoms with E-state index in [0.29, 0.717) is 11.3 Å². The first-order valence-corrected chi connectivity index (χ1v) is 5.86. The molecule has 0 aliphatic heterocycles. The number of hydrogen-bond donors (Lipinski definition) is 0. The zero-order chi connectivity index (χ0) is 14.5. The summed E-state index contributed by atoms with van der Waals surface area (Å²) in [4.78, 5) is 11.2. The molecule has 0 amide bonds. The van der Waals surface area contributed by atoms with Gasteiger partial charge in [-0.2, -0.15) is 0 Å². The minimum Gasteiger partial charge on any atom is -0.489 e. The van der Waals surface area contributed by atoms with Gasteiger partial charge in [-0.05, 0) is 36.4 Å². The van der Waals surface area contributed by atoms with Gasteiger partial charge in [0.15, 0.2) is 0 Å². The zero-order valence-electron chi connectivity index (χ0n) is 10.7. The number of carbonyl (C=O) groups is 1. The lowest BCUT2D eigenvalue weighted by molar-refractivity contribution is 0.0600. The molecule has 0 N–H and O–H groups in total. The largest absolute Gasteiger partial charge is 0.489 e. The Balaban J connectivity index is 2.06. The van der Waals surface area contributed by atoms with Crippen molar-refractivity contribution in [3.63, 3.8) is 0 Å². The molecular formula is C15H12F2O3. The predicted octanol–water partition coefficient (Wildman–Crippen LogP) is 3.33. The fraction of sp³-hybridized carbons (Fsp3) is 0.133. The van der Waals surface area contributed by atoms with Gasteiger partial charge in [-0.3, -0.25) is 0 Å². The van der Waals surface area contributed by atoms with Gasteiger partial charge in [0, 0.05) is 0 Å². The number of carbonyl (C=O) groups excluding carboxylic acids is 1. The van der Waals surface area contributed by atoms with Crippen LogP contribution in [0.5, 0.6) is 5.75 Å². The molecule has 0 saturated carbocycles. The van der Waals surface area contributed by atoms with Gasteiger partial charge in [-0.15, -0.1) is 0 Å². The van der Waals surface area contributed by atoms with Crippen molar-refractivity contribution in [1.29, 1.82) is 0 Å². The van der Waals surface area contributed by atoms with E-state index in [0.717, 1.165) is 0 Å². The fourth-order valence-corrected chi connectivity index (χ4v) is 1.63. The van der Waals surface area contributed by atoms with E-state index in [2.05, 4.69) is 4.74 Å². The van der Waals surface area contributed by atoms with Crippen LogP contribution in [0.4, 0.5) is 8.78 Å². The summed E-state index contributed by atoms with van der Waals surface area (Å²) in [6.45, 7) is -0.226. The fourth-order valence-electron chi connectivity index (χ4n) is 1.63. The molecule has 0 spiro atoms. The van der Waals surface area contributed by atoms with Crippen molar-refractivity contribution in [2.75, 3.05) is 7.11 Å². The summed E-state index contributed by atoms with van der Waals surface area (Å²) in [6, 6.07) is 9.72. The van der Waals surface area contributed by atoms with Crippen LogP contribution in [0.25, 0.3) is 0 Å². The van der Waals surface area contributed by atoms with Crippen LogP contribution in [0.2, 0.25) is 0 Å². The second kappa shape index (κ2) is 6.14. The second-order valence-electron chi connectivity index (χ2n) is 4.00. The maximum atomic E-state index is 13.4. The van der Waals surface area contributed by atoms with E-state index >= 15 is 0 Å². The monoisotopic (exact) mass is 278 g/mol. The molecule has 0 saturated heterocycles. The van der Waals surface area contributed by atoms with E-state index in [4.69, 9.17) is 4.74 Å². The molecule has 2 aromatic carbocycles. The van der Waals surface area contributed by atoms with Gasteiger partial charge < -0.3 is 9.47 Å². The predicted molar refractivity (Wildman–Crippen MR) is 68.5 cm³/mol. The van der Waals surface area contributed by atoms with Crippen LogP contribution < -0.4 is 4.74 Å². The molecule has 0 unspecified atom stereocenters. The summed E-state index contributed by atoms with van der Waals surface area (Å²) in [5.41, 5.74) is 0.237. The number of methoxy groups -OCH3 is 1. The summed E-state index contributed by atoms with van der Waals surface area (Å²) in [5.74, 6) is -1.37. The molecule has 0 aliphatic rings. The van der Waals surface area contributed by atoms with E-state index in [1.807, 2.05) is 0 Å². The van der Waals surface area contributed by atoms with E-state index in [-0.39, 0.29) is 12.2 Å².